The third-order valence-electron chi connectivity index (χ3n) is 5.08. The second kappa shape index (κ2) is 8.76. The molecule has 4 rings (SSSR count). The van der Waals surface area contributed by atoms with Crippen molar-refractivity contribution in [1.29, 1.82) is 0 Å². The quantitative estimate of drug-likeness (QED) is 0.414. The van der Waals surface area contributed by atoms with Gasteiger partial charge < -0.3 is 9.30 Å². The molecule has 1 amide bonds. The van der Waals surface area contributed by atoms with E-state index in [1.165, 1.54) is 42.7 Å². The second-order valence-electron chi connectivity index (χ2n) is 7.16. The molecule has 8 heteroatoms. The molecule has 32 heavy (non-hydrogen) atoms. The Bertz CT molecular complexity index is 1290. The van der Waals surface area contributed by atoms with Gasteiger partial charge in [0.15, 0.2) is 5.13 Å². The summed E-state index contributed by atoms with van der Waals surface area (Å²) in [7, 11) is 1.35. The van der Waals surface area contributed by atoms with Crippen molar-refractivity contribution < 1.29 is 18.7 Å². The number of nitrogens with zero attached hydrogens (tertiary/aromatic N) is 2. The average molecular weight is 450 g/mol. The number of halogens is 1. The fraction of sp³-hybridized carbons (Fsp3) is 0.125. The molecule has 0 aliphatic rings. The van der Waals surface area contributed by atoms with Gasteiger partial charge in [0.05, 0.1) is 18.4 Å². The number of rotatable bonds is 5. The fourth-order valence-corrected chi connectivity index (χ4v) is 4.21. The summed E-state index contributed by atoms with van der Waals surface area (Å²) in [4.78, 5) is 28.6. The lowest BCUT2D eigenvalue weighted by Crippen LogP contribution is -2.11. The van der Waals surface area contributed by atoms with E-state index in [4.69, 9.17) is 4.74 Å². The van der Waals surface area contributed by atoms with Crippen molar-refractivity contribution in [2.45, 2.75) is 13.8 Å². The molecular weight excluding hydrogens is 429 g/mol. The van der Waals surface area contributed by atoms with Gasteiger partial charge in [-0.1, -0.05) is 0 Å². The van der Waals surface area contributed by atoms with E-state index in [2.05, 4.69) is 14.9 Å². The lowest BCUT2D eigenvalue weighted by atomic mass is 10.2. The number of thiazole rings is 1. The summed E-state index contributed by atoms with van der Waals surface area (Å²) in [5.74, 6) is -1.12. The van der Waals surface area contributed by atoms with Crippen LogP contribution in [-0.4, -0.2) is 28.5 Å². The van der Waals surface area contributed by atoms with E-state index in [9.17, 15) is 14.0 Å². The molecule has 0 saturated carbocycles. The van der Waals surface area contributed by atoms with Crippen LogP contribution in [0.2, 0.25) is 0 Å². The Morgan fingerprint density at radius 3 is 2.34 bits per heavy atom. The van der Waals surface area contributed by atoms with E-state index < -0.39 is 5.82 Å². The Balaban J connectivity index is 1.58. The highest BCUT2D eigenvalue weighted by molar-refractivity contribution is 7.14. The van der Waals surface area contributed by atoms with E-state index in [0.717, 1.165) is 28.3 Å². The Morgan fingerprint density at radius 2 is 1.69 bits per heavy atom. The van der Waals surface area contributed by atoms with Crippen LogP contribution in [0.1, 0.15) is 32.1 Å². The molecule has 0 radical (unpaired) electrons. The molecule has 2 aromatic carbocycles. The molecule has 0 bridgehead atoms. The number of aromatic nitrogens is 2. The first-order chi connectivity index (χ1) is 15.4. The van der Waals surface area contributed by atoms with Crippen molar-refractivity contribution in [3.63, 3.8) is 0 Å². The van der Waals surface area contributed by atoms with Gasteiger partial charge in [-0.2, -0.15) is 0 Å². The van der Waals surface area contributed by atoms with E-state index >= 15 is 0 Å². The number of amides is 1. The highest BCUT2D eigenvalue weighted by atomic mass is 32.1. The summed E-state index contributed by atoms with van der Waals surface area (Å²) in [6.45, 7) is 3.99. The van der Waals surface area contributed by atoms with Crippen LogP contribution in [-0.2, 0) is 4.74 Å². The number of nitrogens with one attached hydrogen (secondary N) is 1. The average Bonchev–Trinajstić information content (AvgIpc) is 3.37. The second-order valence-corrected chi connectivity index (χ2v) is 8.02. The highest BCUT2D eigenvalue weighted by Crippen LogP contribution is 2.32. The molecule has 0 saturated heterocycles. The van der Waals surface area contributed by atoms with Crippen LogP contribution in [0, 0.1) is 19.7 Å². The molecule has 4 aromatic rings. The van der Waals surface area contributed by atoms with Crippen molar-refractivity contribution in [1.82, 2.24) is 9.55 Å². The van der Waals surface area contributed by atoms with Gasteiger partial charge in [-0.25, -0.2) is 14.2 Å². The number of esters is 1. The molecule has 0 spiro atoms. The molecule has 162 valence electrons. The van der Waals surface area contributed by atoms with Crippen molar-refractivity contribution in [2.24, 2.45) is 0 Å². The smallest absolute Gasteiger partial charge is 0.337 e. The van der Waals surface area contributed by atoms with Crippen LogP contribution >= 0.6 is 11.3 Å². The predicted molar refractivity (Wildman–Crippen MR) is 122 cm³/mol. The lowest BCUT2D eigenvalue weighted by Gasteiger charge is -2.10. The molecule has 0 unspecified atom stereocenters. The molecule has 0 fully saturated rings. The molecule has 0 aliphatic heterocycles. The zero-order valence-corrected chi connectivity index (χ0v) is 18.5. The summed E-state index contributed by atoms with van der Waals surface area (Å²) >= 11 is 1.32. The zero-order valence-electron chi connectivity index (χ0n) is 17.7. The van der Waals surface area contributed by atoms with Crippen molar-refractivity contribution in [3.8, 4) is 16.9 Å². The van der Waals surface area contributed by atoms with Crippen LogP contribution in [0.5, 0.6) is 0 Å². The van der Waals surface area contributed by atoms with Crippen LogP contribution < -0.4 is 5.32 Å². The molecule has 0 atom stereocenters. The number of carbonyl (C=O) groups excluding carboxylic acids is 2. The number of carbonyl (C=O) groups is 2. The fourth-order valence-electron chi connectivity index (χ4n) is 3.51. The van der Waals surface area contributed by atoms with Gasteiger partial charge in [0.25, 0.3) is 5.91 Å². The standard InChI is InChI=1S/C24H20FN3O3S/c1-14-12-20(15(2)28(14)19-10-6-17(7-11-19)23(30)31-3)21-13-32-24(26-21)27-22(29)16-4-8-18(25)9-5-16/h4-13H,1-3H3,(H,26,27,29). The van der Waals surface area contributed by atoms with Gasteiger partial charge in [-0.15, -0.1) is 11.3 Å². The van der Waals surface area contributed by atoms with Gasteiger partial charge in [0, 0.05) is 33.6 Å². The maximum Gasteiger partial charge on any atom is 0.337 e. The van der Waals surface area contributed by atoms with Crippen molar-refractivity contribution in [2.75, 3.05) is 12.4 Å². The Labute approximate surface area is 188 Å². The molecule has 1 N–H and O–H groups in total. The van der Waals surface area contributed by atoms with Gasteiger partial charge in [0.1, 0.15) is 5.82 Å². The monoisotopic (exact) mass is 449 g/mol. The Kier molecular flexibility index (Phi) is 5.87. The Hall–Kier alpha value is -3.78. The topological polar surface area (TPSA) is 73.2 Å². The van der Waals surface area contributed by atoms with Gasteiger partial charge in [0.2, 0.25) is 0 Å². The molecule has 2 heterocycles. The first-order valence-corrected chi connectivity index (χ1v) is 10.7. The maximum atomic E-state index is 13.1. The van der Waals surface area contributed by atoms with Crippen LogP contribution in [0.25, 0.3) is 16.9 Å². The molecule has 2 aromatic heterocycles. The molecule has 6 nitrogen and oxygen atoms in total. The third-order valence-corrected chi connectivity index (χ3v) is 5.84. The minimum absolute atomic E-state index is 0.345. The lowest BCUT2D eigenvalue weighted by molar-refractivity contribution is 0.0600. The summed E-state index contributed by atoms with van der Waals surface area (Å²) in [6, 6.07) is 14.6. The number of aryl methyl sites for hydroxylation is 1. The van der Waals surface area contributed by atoms with Crippen LogP contribution in [0.4, 0.5) is 9.52 Å². The summed E-state index contributed by atoms with van der Waals surface area (Å²) < 4.78 is 19.9. The zero-order chi connectivity index (χ0) is 22.8. The van der Waals surface area contributed by atoms with E-state index in [0.29, 0.717) is 16.3 Å². The normalized spacial score (nSPS) is 10.8. The summed E-state index contributed by atoms with van der Waals surface area (Å²) in [5, 5.41) is 5.10. The summed E-state index contributed by atoms with van der Waals surface area (Å²) in [6.07, 6.45) is 0. The maximum absolute atomic E-state index is 13.1. The highest BCUT2D eigenvalue weighted by Gasteiger charge is 2.16. The largest absolute Gasteiger partial charge is 0.465 e. The number of ether oxygens (including phenoxy) is 1. The SMILES string of the molecule is COC(=O)c1ccc(-n2c(C)cc(-c3csc(NC(=O)c4ccc(F)cc4)n3)c2C)cc1. The number of hydrogen-bond acceptors (Lipinski definition) is 5. The third kappa shape index (κ3) is 4.17. The minimum Gasteiger partial charge on any atom is -0.465 e. The van der Waals surface area contributed by atoms with Gasteiger partial charge in [-0.3, -0.25) is 10.1 Å². The first kappa shape index (κ1) is 21.5. The van der Waals surface area contributed by atoms with Crippen molar-refractivity contribution >= 4 is 28.3 Å². The number of methoxy groups -OCH3 is 1. The van der Waals surface area contributed by atoms with E-state index in [1.807, 2.05) is 37.4 Å². The minimum atomic E-state index is -0.395. The first-order valence-electron chi connectivity index (χ1n) is 9.78. The van der Waals surface area contributed by atoms with Gasteiger partial charge in [-0.05, 0) is 68.4 Å². The number of benzene rings is 2. The number of anilines is 1. The van der Waals surface area contributed by atoms with Crippen molar-refractivity contribution in [3.05, 3.63) is 88.3 Å². The summed E-state index contributed by atoms with van der Waals surface area (Å²) in [5.41, 5.74) is 5.44. The predicted octanol–water partition coefficient (Wildman–Crippen LogP) is 5.40. The molecular formula is C24H20FN3O3S. The van der Waals surface area contributed by atoms with Crippen LogP contribution in [0.3, 0.4) is 0 Å². The Morgan fingerprint density at radius 1 is 1.03 bits per heavy atom. The number of hydrogen-bond donors (Lipinski definition) is 1. The molecule has 0 aliphatic carbocycles. The van der Waals surface area contributed by atoms with E-state index in [-0.39, 0.29) is 11.9 Å². The van der Waals surface area contributed by atoms with Crippen LogP contribution in [0.15, 0.2) is 60.0 Å². The van der Waals surface area contributed by atoms with E-state index in [1.54, 1.807) is 12.1 Å². The van der Waals surface area contributed by atoms with Gasteiger partial charge >= 0.3 is 5.97 Å².